The van der Waals surface area contributed by atoms with Crippen LogP contribution in [0.2, 0.25) is 0 Å². The number of carbonyl (C=O) groups is 1. The van der Waals surface area contributed by atoms with Crippen molar-refractivity contribution >= 4 is 5.97 Å². The van der Waals surface area contributed by atoms with Crippen LogP contribution in [0.1, 0.15) is 42.4 Å². The fraction of sp³-hybridized carbons (Fsp3) is 0.643. The topological polar surface area (TPSA) is 61.3 Å². The monoisotopic (exact) mass is 262 g/mol. The molecule has 1 aromatic rings. The van der Waals surface area contributed by atoms with Crippen molar-refractivity contribution < 1.29 is 14.3 Å². The average molecular weight is 262 g/mol. The predicted octanol–water partition coefficient (Wildman–Crippen LogP) is 1.49. The third kappa shape index (κ3) is 1.92. The van der Waals surface area contributed by atoms with Gasteiger partial charge in [-0.2, -0.15) is 0 Å². The Morgan fingerprint density at radius 1 is 1.42 bits per heavy atom. The lowest BCUT2D eigenvalue weighted by atomic mass is 9.81. The second-order valence-electron chi connectivity index (χ2n) is 5.45. The third-order valence-electron chi connectivity index (χ3n) is 4.10. The highest BCUT2D eigenvalue weighted by Gasteiger charge is 2.51. The Bertz CT molecular complexity index is 507. The standard InChI is InChI=1S/C14H18N2O3/c1-9-6-11(10-4-3-5-10)16-12(15-9)14(7-19-8-14)13(17)18-2/h6,10H,3-5,7-8H2,1-2H3. The Kier molecular flexibility index (Phi) is 3.01. The molecule has 2 fully saturated rings. The molecule has 0 atom stereocenters. The quantitative estimate of drug-likeness (QED) is 0.772. The van der Waals surface area contributed by atoms with Gasteiger partial charge in [-0.25, -0.2) is 9.97 Å². The molecular formula is C14H18N2O3. The van der Waals surface area contributed by atoms with Crippen LogP contribution < -0.4 is 0 Å². The molecule has 0 radical (unpaired) electrons. The van der Waals surface area contributed by atoms with E-state index in [9.17, 15) is 4.79 Å². The maximum absolute atomic E-state index is 12.0. The Hall–Kier alpha value is -1.49. The molecule has 2 aliphatic rings. The minimum absolute atomic E-state index is 0.302. The van der Waals surface area contributed by atoms with Crippen molar-refractivity contribution in [3.63, 3.8) is 0 Å². The predicted molar refractivity (Wildman–Crippen MR) is 67.9 cm³/mol. The number of ether oxygens (including phenoxy) is 2. The normalized spacial score (nSPS) is 21.4. The zero-order valence-corrected chi connectivity index (χ0v) is 11.3. The number of methoxy groups -OCH3 is 1. The molecule has 19 heavy (non-hydrogen) atoms. The van der Waals surface area contributed by atoms with Crippen LogP contribution in [-0.2, 0) is 19.7 Å². The van der Waals surface area contributed by atoms with E-state index in [4.69, 9.17) is 9.47 Å². The SMILES string of the molecule is COC(=O)C1(c2nc(C)cc(C3CCC3)n2)COC1. The van der Waals surface area contributed by atoms with Crippen molar-refractivity contribution in [2.24, 2.45) is 0 Å². The van der Waals surface area contributed by atoms with Gasteiger partial charge in [-0.15, -0.1) is 0 Å². The molecule has 5 heteroatoms. The molecule has 0 amide bonds. The van der Waals surface area contributed by atoms with Crippen LogP contribution in [0.4, 0.5) is 0 Å². The number of hydrogen-bond acceptors (Lipinski definition) is 5. The van der Waals surface area contributed by atoms with Gasteiger partial charge in [-0.05, 0) is 25.8 Å². The fourth-order valence-corrected chi connectivity index (χ4v) is 2.56. The highest BCUT2D eigenvalue weighted by atomic mass is 16.5. The van der Waals surface area contributed by atoms with Crippen LogP contribution in [0.5, 0.6) is 0 Å². The molecule has 1 aromatic heterocycles. The second-order valence-corrected chi connectivity index (χ2v) is 5.45. The Morgan fingerprint density at radius 2 is 2.16 bits per heavy atom. The molecule has 1 saturated carbocycles. The minimum Gasteiger partial charge on any atom is -0.468 e. The van der Waals surface area contributed by atoms with Crippen molar-refractivity contribution in [2.45, 2.75) is 37.5 Å². The van der Waals surface area contributed by atoms with E-state index in [2.05, 4.69) is 9.97 Å². The summed E-state index contributed by atoms with van der Waals surface area (Å²) in [5.41, 5.74) is 1.17. The molecule has 0 N–H and O–H groups in total. The molecule has 102 valence electrons. The number of aryl methyl sites for hydroxylation is 1. The summed E-state index contributed by atoms with van der Waals surface area (Å²) < 4.78 is 10.1. The molecule has 3 rings (SSSR count). The Labute approximate surface area is 112 Å². The van der Waals surface area contributed by atoms with Crippen LogP contribution in [0.3, 0.4) is 0 Å². The van der Waals surface area contributed by atoms with Gasteiger partial charge in [-0.1, -0.05) is 6.42 Å². The van der Waals surface area contributed by atoms with E-state index >= 15 is 0 Å². The first kappa shape index (κ1) is 12.5. The van der Waals surface area contributed by atoms with E-state index in [1.807, 2.05) is 13.0 Å². The maximum Gasteiger partial charge on any atom is 0.324 e. The zero-order chi connectivity index (χ0) is 13.5. The van der Waals surface area contributed by atoms with Crippen LogP contribution in [0, 0.1) is 6.92 Å². The van der Waals surface area contributed by atoms with E-state index in [1.54, 1.807) is 0 Å². The summed E-state index contributed by atoms with van der Waals surface area (Å²) in [4.78, 5) is 21.1. The van der Waals surface area contributed by atoms with Crippen molar-refractivity contribution in [2.75, 3.05) is 20.3 Å². The van der Waals surface area contributed by atoms with Gasteiger partial charge in [0.05, 0.1) is 20.3 Å². The minimum atomic E-state index is -0.792. The van der Waals surface area contributed by atoms with E-state index in [1.165, 1.54) is 26.4 Å². The van der Waals surface area contributed by atoms with E-state index < -0.39 is 5.41 Å². The van der Waals surface area contributed by atoms with Crippen molar-refractivity contribution in [1.82, 2.24) is 9.97 Å². The summed E-state index contributed by atoms with van der Waals surface area (Å²) in [5.74, 6) is 0.785. The van der Waals surface area contributed by atoms with Crippen LogP contribution >= 0.6 is 0 Å². The molecular weight excluding hydrogens is 244 g/mol. The smallest absolute Gasteiger partial charge is 0.324 e. The van der Waals surface area contributed by atoms with Gasteiger partial charge < -0.3 is 9.47 Å². The third-order valence-corrected chi connectivity index (χ3v) is 4.10. The lowest BCUT2D eigenvalue weighted by Crippen LogP contribution is -2.55. The molecule has 1 aliphatic carbocycles. The number of carbonyl (C=O) groups excluding carboxylic acids is 1. The van der Waals surface area contributed by atoms with E-state index in [-0.39, 0.29) is 5.97 Å². The van der Waals surface area contributed by atoms with Crippen molar-refractivity contribution in [3.05, 3.63) is 23.3 Å². The highest BCUT2D eigenvalue weighted by molar-refractivity contribution is 5.83. The van der Waals surface area contributed by atoms with Gasteiger partial charge in [-0.3, -0.25) is 4.79 Å². The first-order valence-corrected chi connectivity index (χ1v) is 6.68. The fourth-order valence-electron chi connectivity index (χ4n) is 2.56. The lowest BCUT2D eigenvalue weighted by Gasteiger charge is -2.37. The molecule has 5 nitrogen and oxygen atoms in total. The molecule has 0 bridgehead atoms. The summed E-state index contributed by atoms with van der Waals surface area (Å²) in [7, 11) is 1.39. The van der Waals surface area contributed by atoms with Gasteiger partial charge in [0.25, 0.3) is 0 Å². The Morgan fingerprint density at radius 3 is 2.63 bits per heavy atom. The van der Waals surface area contributed by atoms with E-state index in [0.29, 0.717) is 25.0 Å². The molecule has 1 saturated heterocycles. The summed E-state index contributed by atoms with van der Waals surface area (Å²) in [5, 5.41) is 0. The van der Waals surface area contributed by atoms with Crippen LogP contribution in [0.15, 0.2) is 6.07 Å². The highest BCUT2D eigenvalue weighted by Crippen LogP contribution is 2.37. The molecule has 0 unspecified atom stereocenters. The van der Waals surface area contributed by atoms with Gasteiger partial charge >= 0.3 is 5.97 Å². The first-order valence-electron chi connectivity index (χ1n) is 6.68. The maximum atomic E-state index is 12.0. The summed E-state index contributed by atoms with van der Waals surface area (Å²) in [6.45, 7) is 2.57. The first-order chi connectivity index (χ1) is 9.15. The molecule has 0 aromatic carbocycles. The number of rotatable bonds is 3. The summed E-state index contributed by atoms with van der Waals surface area (Å²) >= 11 is 0. The second kappa shape index (κ2) is 4.56. The number of hydrogen-bond donors (Lipinski definition) is 0. The van der Waals surface area contributed by atoms with Gasteiger partial charge in [0, 0.05) is 17.3 Å². The average Bonchev–Trinajstić information content (AvgIpc) is 2.24. The summed E-state index contributed by atoms with van der Waals surface area (Å²) in [6, 6.07) is 2.03. The largest absolute Gasteiger partial charge is 0.468 e. The van der Waals surface area contributed by atoms with Crippen molar-refractivity contribution in [1.29, 1.82) is 0 Å². The van der Waals surface area contributed by atoms with Crippen molar-refractivity contribution in [3.8, 4) is 0 Å². The molecule has 1 aliphatic heterocycles. The van der Waals surface area contributed by atoms with Gasteiger partial charge in [0.15, 0.2) is 11.2 Å². The Balaban J connectivity index is 1.99. The van der Waals surface area contributed by atoms with Crippen LogP contribution in [-0.4, -0.2) is 36.3 Å². The molecule has 2 heterocycles. The number of nitrogens with zero attached hydrogens (tertiary/aromatic N) is 2. The lowest BCUT2D eigenvalue weighted by molar-refractivity contribution is -0.167. The van der Waals surface area contributed by atoms with Gasteiger partial charge in [0.2, 0.25) is 0 Å². The number of esters is 1. The zero-order valence-electron chi connectivity index (χ0n) is 11.3. The van der Waals surface area contributed by atoms with Crippen LogP contribution in [0.25, 0.3) is 0 Å². The van der Waals surface area contributed by atoms with Gasteiger partial charge in [0.1, 0.15) is 0 Å². The number of aromatic nitrogens is 2. The summed E-state index contributed by atoms with van der Waals surface area (Å²) in [6.07, 6.45) is 3.61. The molecule has 0 spiro atoms. The van der Waals surface area contributed by atoms with E-state index in [0.717, 1.165) is 11.4 Å².